The van der Waals surface area contributed by atoms with E-state index in [1.807, 2.05) is 6.92 Å². The summed E-state index contributed by atoms with van der Waals surface area (Å²) in [5.74, 6) is -0.866. The maximum atomic E-state index is 13.5. The van der Waals surface area contributed by atoms with Crippen LogP contribution in [-0.4, -0.2) is 49.7 Å². The van der Waals surface area contributed by atoms with Crippen molar-refractivity contribution in [2.24, 2.45) is 0 Å². The zero-order chi connectivity index (χ0) is 24.3. The number of imide groups is 1. The summed E-state index contributed by atoms with van der Waals surface area (Å²) < 4.78 is 38.2. The molecule has 0 aliphatic carbocycles. The number of hydrogen-bond acceptors (Lipinski definition) is 7. The van der Waals surface area contributed by atoms with Crippen LogP contribution in [0.15, 0.2) is 53.4 Å². The minimum absolute atomic E-state index is 0.00744. The average molecular weight is 475 g/mol. The molecule has 2 aromatic carbocycles. The number of esters is 1. The average Bonchev–Trinajstić information content (AvgIpc) is 3.07. The molecule has 1 aliphatic rings. The Morgan fingerprint density at radius 2 is 1.67 bits per heavy atom. The Morgan fingerprint density at radius 1 is 1.09 bits per heavy atom. The van der Waals surface area contributed by atoms with Gasteiger partial charge in [-0.05, 0) is 61.9 Å². The van der Waals surface area contributed by atoms with Crippen LogP contribution in [0.3, 0.4) is 0 Å². The van der Waals surface area contributed by atoms with E-state index in [-0.39, 0.29) is 22.8 Å². The van der Waals surface area contributed by atoms with Gasteiger partial charge >= 0.3 is 5.97 Å². The third kappa shape index (κ3) is 4.91. The molecule has 10 heteroatoms. The number of methoxy groups -OCH3 is 1. The van der Waals surface area contributed by atoms with Crippen LogP contribution < -0.4 is 14.4 Å². The Kier molecular flexibility index (Phi) is 7.19. The molecule has 1 heterocycles. The van der Waals surface area contributed by atoms with E-state index < -0.39 is 39.9 Å². The van der Waals surface area contributed by atoms with Gasteiger partial charge in [-0.2, -0.15) is 4.31 Å². The molecule has 33 heavy (non-hydrogen) atoms. The number of hydrogen-bond donors (Lipinski definition) is 0. The second-order valence-corrected chi connectivity index (χ2v) is 9.49. The van der Waals surface area contributed by atoms with Crippen molar-refractivity contribution >= 4 is 33.5 Å². The van der Waals surface area contributed by atoms with Crippen molar-refractivity contribution < 1.29 is 32.3 Å². The maximum absolute atomic E-state index is 13.5. The molecule has 2 unspecified atom stereocenters. The highest BCUT2D eigenvalue weighted by Crippen LogP contribution is 2.32. The number of ether oxygens (including phenoxy) is 2. The number of sulfonamides is 1. The molecular formula is C23H26N2O7S. The van der Waals surface area contributed by atoms with Crippen molar-refractivity contribution in [2.75, 3.05) is 12.0 Å². The topological polar surface area (TPSA) is 110 Å². The highest BCUT2D eigenvalue weighted by atomic mass is 32.2. The quantitative estimate of drug-likeness (QED) is 0.329. The van der Waals surface area contributed by atoms with Crippen LogP contribution in [-0.2, 0) is 24.4 Å². The summed E-state index contributed by atoms with van der Waals surface area (Å²) in [4.78, 5) is 38.2. The fourth-order valence-corrected chi connectivity index (χ4v) is 5.52. The van der Waals surface area contributed by atoms with E-state index in [0.29, 0.717) is 12.2 Å². The van der Waals surface area contributed by atoms with E-state index in [9.17, 15) is 22.8 Å². The summed E-state index contributed by atoms with van der Waals surface area (Å²) in [6.07, 6.45) is 0.175. The fourth-order valence-electron chi connectivity index (χ4n) is 3.68. The maximum Gasteiger partial charge on any atom is 0.308 e. The predicted molar refractivity (Wildman–Crippen MR) is 120 cm³/mol. The Morgan fingerprint density at radius 3 is 2.18 bits per heavy atom. The number of carbonyl (C=O) groups excluding carboxylic acids is 3. The zero-order valence-electron chi connectivity index (χ0n) is 18.8. The van der Waals surface area contributed by atoms with Gasteiger partial charge in [-0.1, -0.05) is 6.92 Å². The molecule has 0 radical (unpaired) electrons. The standard InChI is InChI=1S/C23H26N2O7S/c1-5-15(2)25(33(29,30)20-12-10-18(31-4)11-13-20)21-14-22(27)24(23(21)28)17-6-8-19(9-7-17)32-16(3)26/h6-13,15,21H,5,14H2,1-4H3. The second-order valence-electron chi connectivity index (χ2n) is 7.64. The molecule has 3 rings (SSSR count). The van der Waals surface area contributed by atoms with E-state index >= 15 is 0 Å². The molecule has 0 aromatic heterocycles. The molecule has 0 spiro atoms. The normalized spacial score (nSPS) is 17.4. The lowest BCUT2D eigenvalue weighted by molar-refractivity contribution is -0.132. The minimum Gasteiger partial charge on any atom is -0.497 e. The van der Waals surface area contributed by atoms with Crippen LogP contribution in [0.1, 0.15) is 33.6 Å². The van der Waals surface area contributed by atoms with Gasteiger partial charge in [-0.3, -0.25) is 14.4 Å². The van der Waals surface area contributed by atoms with E-state index in [0.717, 1.165) is 9.21 Å². The molecule has 1 fully saturated rings. The highest BCUT2D eigenvalue weighted by Gasteiger charge is 2.48. The lowest BCUT2D eigenvalue weighted by Crippen LogP contribution is -2.49. The van der Waals surface area contributed by atoms with Crippen LogP contribution in [0, 0.1) is 0 Å². The molecule has 0 bridgehead atoms. The van der Waals surface area contributed by atoms with Gasteiger partial charge in [0.15, 0.2) is 0 Å². The Labute approximate surface area is 192 Å². The van der Waals surface area contributed by atoms with Crippen LogP contribution in [0.2, 0.25) is 0 Å². The molecule has 1 saturated heterocycles. The number of amides is 2. The van der Waals surface area contributed by atoms with Crippen LogP contribution in [0.25, 0.3) is 0 Å². The first-order chi connectivity index (χ1) is 15.6. The third-order valence-corrected chi connectivity index (χ3v) is 7.48. The molecule has 2 aromatic rings. The summed E-state index contributed by atoms with van der Waals surface area (Å²) >= 11 is 0. The molecule has 0 saturated carbocycles. The third-order valence-electron chi connectivity index (χ3n) is 5.45. The molecule has 0 N–H and O–H groups in total. The lowest BCUT2D eigenvalue weighted by atomic mass is 10.2. The van der Waals surface area contributed by atoms with E-state index in [4.69, 9.17) is 9.47 Å². The second kappa shape index (κ2) is 9.72. The Balaban J connectivity index is 1.95. The van der Waals surface area contributed by atoms with Gasteiger partial charge in [0.1, 0.15) is 17.5 Å². The number of nitrogens with zero attached hydrogens (tertiary/aromatic N) is 2. The van der Waals surface area contributed by atoms with Crippen molar-refractivity contribution in [3.8, 4) is 11.5 Å². The largest absolute Gasteiger partial charge is 0.497 e. The molecule has 2 amide bonds. The number of carbonyl (C=O) groups is 3. The van der Waals surface area contributed by atoms with Gasteiger partial charge in [0.2, 0.25) is 15.9 Å². The minimum atomic E-state index is -4.08. The lowest BCUT2D eigenvalue weighted by Gasteiger charge is -2.31. The Hall–Kier alpha value is -3.24. The molecule has 2 atom stereocenters. The first-order valence-electron chi connectivity index (χ1n) is 10.4. The number of anilines is 1. The van der Waals surface area contributed by atoms with Gasteiger partial charge < -0.3 is 9.47 Å². The fraction of sp³-hybridized carbons (Fsp3) is 0.348. The van der Waals surface area contributed by atoms with Gasteiger partial charge in [0.05, 0.1) is 24.1 Å². The van der Waals surface area contributed by atoms with Gasteiger partial charge in [-0.15, -0.1) is 0 Å². The molecular weight excluding hydrogens is 448 g/mol. The van der Waals surface area contributed by atoms with Crippen molar-refractivity contribution in [1.29, 1.82) is 0 Å². The number of benzene rings is 2. The predicted octanol–water partition coefficient (Wildman–Crippen LogP) is 2.74. The molecule has 1 aliphatic heterocycles. The van der Waals surface area contributed by atoms with Crippen molar-refractivity contribution in [1.82, 2.24) is 4.31 Å². The summed E-state index contributed by atoms with van der Waals surface area (Å²) in [5.41, 5.74) is 0.273. The first-order valence-corrected chi connectivity index (χ1v) is 11.9. The zero-order valence-corrected chi connectivity index (χ0v) is 19.7. The molecule has 176 valence electrons. The first kappa shape index (κ1) is 24.4. The van der Waals surface area contributed by atoms with Gasteiger partial charge in [0.25, 0.3) is 5.91 Å². The van der Waals surface area contributed by atoms with E-state index in [1.54, 1.807) is 6.92 Å². The van der Waals surface area contributed by atoms with Crippen molar-refractivity contribution in [3.63, 3.8) is 0 Å². The van der Waals surface area contributed by atoms with E-state index in [1.165, 1.54) is 62.6 Å². The van der Waals surface area contributed by atoms with Crippen LogP contribution >= 0.6 is 0 Å². The number of rotatable bonds is 8. The van der Waals surface area contributed by atoms with Crippen LogP contribution in [0.4, 0.5) is 5.69 Å². The summed E-state index contributed by atoms with van der Waals surface area (Å²) in [7, 11) is -2.61. The van der Waals surface area contributed by atoms with Gasteiger partial charge in [-0.25, -0.2) is 13.3 Å². The van der Waals surface area contributed by atoms with E-state index in [2.05, 4.69) is 0 Å². The summed E-state index contributed by atoms with van der Waals surface area (Å²) in [6.45, 7) is 4.78. The smallest absolute Gasteiger partial charge is 0.308 e. The SMILES string of the molecule is CCC(C)N(C1CC(=O)N(c2ccc(OC(C)=O)cc2)C1=O)S(=O)(=O)c1ccc(OC)cc1. The molecule has 9 nitrogen and oxygen atoms in total. The van der Waals surface area contributed by atoms with Crippen molar-refractivity contribution in [3.05, 3.63) is 48.5 Å². The monoisotopic (exact) mass is 474 g/mol. The summed E-state index contributed by atoms with van der Waals surface area (Å²) in [5, 5.41) is 0. The highest BCUT2D eigenvalue weighted by molar-refractivity contribution is 7.89. The van der Waals surface area contributed by atoms with Crippen molar-refractivity contribution in [2.45, 2.75) is 50.6 Å². The summed E-state index contributed by atoms with van der Waals surface area (Å²) in [6, 6.07) is 10.1. The Bertz CT molecular complexity index is 1140. The van der Waals surface area contributed by atoms with Gasteiger partial charge in [0, 0.05) is 13.0 Å². The van der Waals surface area contributed by atoms with Crippen LogP contribution in [0.5, 0.6) is 11.5 Å².